The van der Waals surface area contributed by atoms with Crippen LogP contribution < -0.4 is 4.90 Å². The molecule has 1 heteroatoms. The highest BCUT2D eigenvalue weighted by atomic mass is 15.1. The van der Waals surface area contributed by atoms with Gasteiger partial charge in [-0.2, -0.15) is 0 Å². The Balaban J connectivity index is 1.07. The van der Waals surface area contributed by atoms with Crippen molar-refractivity contribution in [1.29, 1.82) is 0 Å². The molecule has 0 aliphatic heterocycles. The van der Waals surface area contributed by atoms with Crippen LogP contribution in [0.5, 0.6) is 0 Å². The molecule has 8 aromatic carbocycles. The summed E-state index contributed by atoms with van der Waals surface area (Å²) >= 11 is 0. The van der Waals surface area contributed by atoms with E-state index in [1.807, 2.05) is 0 Å². The molecule has 254 valence electrons. The Kier molecular flexibility index (Phi) is 6.94. The quantitative estimate of drug-likeness (QED) is 0.175. The largest absolute Gasteiger partial charge is 0.310 e. The molecule has 0 radical (unpaired) electrons. The van der Waals surface area contributed by atoms with Gasteiger partial charge in [0, 0.05) is 27.9 Å². The lowest BCUT2D eigenvalue weighted by molar-refractivity contribution is 0.645. The summed E-state index contributed by atoms with van der Waals surface area (Å²) in [6, 6.07) is 65.2. The third-order valence-electron chi connectivity index (χ3n) is 12.1. The number of fused-ring (bicyclic) bond motifs is 5. The van der Waals surface area contributed by atoms with Crippen molar-refractivity contribution in [3.8, 4) is 44.5 Å². The van der Waals surface area contributed by atoms with Crippen LogP contribution in [0, 0.1) is 0 Å². The van der Waals surface area contributed by atoms with Crippen LogP contribution in [-0.2, 0) is 10.8 Å². The summed E-state index contributed by atoms with van der Waals surface area (Å²) in [7, 11) is 0. The zero-order valence-corrected chi connectivity index (χ0v) is 30.7. The summed E-state index contributed by atoms with van der Waals surface area (Å²) in [5, 5.41) is 2.68. The number of rotatable bonds is 5. The summed E-state index contributed by atoms with van der Waals surface area (Å²) in [6.07, 6.45) is 0. The summed E-state index contributed by atoms with van der Waals surface area (Å²) in [5.41, 5.74) is 19.1. The molecule has 10 rings (SSSR count). The minimum Gasteiger partial charge on any atom is -0.310 e. The maximum Gasteiger partial charge on any atom is 0.0465 e. The topological polar surface area (TPSA) is 3.24 Å². The molecule has 0 bridgehead atoms. The lowest BCUT2D eigenvalue weighted by Crippen LogP contribution is -2.24. The summed E-state index contributed by atoms with van der Waals surface area (Å²) < 4.78 is 0. The summed E-state index contributed by atoms with van der Waals surface area (Å²) in [6.45, 7) is 9.48. The van der Waals surface area contributed by atoms with E-state index in [-0.39, 0.29) is 10.8 Å². The number of para-hydroxylation sites is 1. The van der Waals surface area contributed by atoms with Gasteiger partial charge in [0.15, 0.2) is 0 Å². The molecule has 8 aromatic rings. The molecule has 53 heavy (non-hydrogen) atoms. The predicted molar refractivity (Wildman–Crippen MR) is 225 cm³/mol. The molecule has 0 spiro atoms. The van der Waals surface area contributed by atoms with Crippen molar-refractivity contribution in [2.24, 2.45) is 0 Å². The molecule has 0 aromatic heterocycles. The van der Waals surface area contributed by atoms with E-state index in [0.717, 1.165) is 11.4 Å². The Morgan fingerprint density at radius 1 is 0.340 bits per heavy atom. The van der Waals surface area contributed by atoms with Crippen molar-refractivity contribution in [3.63, 3.8) is 0 Å². The molecule has 0 heterocycles. The molecule has 0 fully saturated rings. The highest BCUT2D eigenvalue weighted by Gasteiger charge is 2.37. The van der Waals surface area contributed by atoms with Gasteiger partial charge in [0.1, 0.15) is 0 Å². The fourth-order valence-corrected chi connectivity index (χ4v) is 9.30. The highest BCUT2D eigenvalue weighted by molar-refractivity contribution is 6.09. The van der Waals surface area contributed by atoms with Gasteiger partial charge in [-0.05, 0) is 120 Å². The van der Waals surface area contributed by atoms with E-state index in [4.69, 9.17) is 0 Å². The maximum absolute atomic E-state index is 2.45. The number of hydrogen-bond donors (Lipinski definition) is 0. The van der Waals surface area contributed by atoms with Crippen LogP contribution >= 0.6 is 0 Å². The molecule has 0 atom stereocenters. The van der Waals surface area contributed by atoms with Crippen molar-refractivity contribution in [2.45, 2.75) is 38.5 Å². The van der Waals surface area contributed by atoms with E-state index < -0.39 is 0 Å². The van der Waals surface area contributed by atoms with E-state index in [9.17, 15) is 0 Å². The highest BCUT2D eigenvalue weighted by Crippen LogP contribution is 2.53. The maximum atomic E-state index is 2.45. The van der Waals surface area contributed by atoms with Crippen molar-refractivity contribution in [1.82, 2.24) is 0 Å². The van der Waals surface area contributed by atoms with Gasteiger partial charge in [0.25, 0.3) is 0 Å². The molecular formula is C52H41N. The molecular weight excluding hydrogens is 639 g/mol. The SMILES string of the molecule is CC1(C)c2ccccc2-c2ccc(N(c3ccccc3)c3ccc(-c4ccc5c(c4)C(C)(C)c4cccc6ccc(-c7ccccc7)c-5c46)cc3)cc21. The van der Waals surface area contributed by atoms with Gasteiger partial charge >= 0.3 is 0 Å². The lowest BCUT2D eigenvalue weighted by atomic mass is 9.67. The second-order valence-corrected chi connectivity index (χ2v) is 15.8. The first-order chi connectivity index (χ1) is 25.8. The standard InChI is InChI=1S/C52H41N/c1-51(2)45-20-12-11-19-42(45)43-31-28-40(33-48(43)51)53(38-17-9-6-10-18-38)39-26-22-34(23-27-39)37-25-30-44-47(32-37)52(3,4)46-21-13-16-36-24-29-41(50(44)49(36)46)35-14-7-5-8-15-35/h5-33H,1-4H3. The number of benzene rings is 8. The van der Waals surface area contributed by atoms with Crippen molar-refractivity contribution >= 4 is 27.8 Å². The summed E-state index contributed by atoms with van der Waals surface area (Å²) in [4.78, 5) is 2.39. The summed E-state index contributed by atoms with van der Waals surface area (Å²) in [5.74, 6) is 0. The molecule has 1 nitrogen and oxygen atoms in total. The average molecular weight is 680 g/mol. The lowest BCUT2D eigenvalue weighted by Gasteiger charge is -2.36. The van der Waals surface area contributed by atoms with Crippen LogP contribution in [0.4, 0.5) is 17.1 Å². The fourth-order valence-electron chi connectivity index (χ4n) is 9.30. The van der Waals surface area contributed by atoms with Gasteiger partial charge in [-0.25, -0.2) is 0 Å². The van der Waals surface area contributed by atoms with Crippen LogP contribution in [0.2, 0.25) is 0 Å². The first-order valence-corrected chi connectivity index (χ1v) is 18.8. The normalized spacial score (nSPS) is 14.3. The molecule has 0 saturated heterocycles. The minimum absolute atomic E-state index is 0.0672. The Morgan fingerprint density at radius 2 is 0.906 bits per heavy atom. The fraction of sp³-hybridized carbons (Fsp3) is 0.115. The molecule has 2 aliphatic carbocycles. The zero-order valence-electron chi connectivity index (χ0n) is 30.7. The average Bonchev–Trinajstić information content (AvgIpc) is 3.43. The third kappa shape index (κ3) is 4.77. The minimum atomic E-state index is -0.155. The second kappa shape index (κ2) is 11.7. The number of nitrogens with zero attached hydrogens (tertiary/aromatic N) is 1. The van der Waals surface area contributed by atoms with Crippen LogP contribution in [0.15, 0.2) is 176 Å². The van der Waals surface area contributed by atoms with Crippen molar-refractivity contribution in [2.75, 3.05) is 4.90 Å². The predicted octanol–water partition coefficient (Wildman–Crippen LogP) is 14.3. The van der Waals surface area contributed by atoms with Gasteiger partial charge in [0.05, 0.1) is 0 Å². The van der Waals surface area contributed by atoms with Gasteiger partial charge in [-0.15, -0.1) is 0 Å². The molecule has 0 unspecified atom stereocenters. The number of anilines is 3. The van der Waals surface area contributed by atoms with Crippen molar-refractivity contribution in [3.05, 3.63) is 198 Å². The third-order valence-corrected chi connectivity index (χ3v) is 12.1. The van der Waals surface area contributed by atoms with Crippen LogP contribution in [-0.4, -0.2) is 0 Å². The molecule has 0 N–H and O–H groups in total. The molecule has 0 saturated carbocycles. The number of hydrogen-bond acceptors (Lipinski definition) is 1. The van der Waals surface area contributed by atoms with E-state index in [0.29, 0.717) is 0 Å². The van der Waals surface area contributed by atoms with Gasteiger partial charge in [0.2, 0.25) is 0 Å². The second-order valence-electron chi connectivity index (χ2n) is 15.8. The first kappa shape index (κ1) is 31.5. The van der Waals surface area contributed by atoms with Crippen LogP contribution in [0.3, 0.4) is 0 Å². The van der Waals surface area contributed by atoms with Crippen molar-refractivity contribution < 1.29 is 0 Å². The van der Waals surface area contributed by atoms with Crippen LogP contribution in [0.1, 0.15) is 49.9 Å². The monoisotopic (exact) mass is 679 g/mol. The van der Waals surface area contributed by atoms with Crippen LogP contribution in [0.25, 0.3) is 55.3 Å². The first-order valence-electron chi connectivity index (χ1n) is 18.8. The van der Waals surface area contributed by atoms with E-state index in [1.165, 1.54) is 83.2 Å². The zero-order chi connectivity index (χ0) is 35.9. The molecule has 0 amide bonds. The van der Waals surface area contributed by atoms with E-state index in [1.54, 1.807) is 0 Å². The Morgan fingerprint density at radius 3 is 1.70 bits per heavy atom. The smallest absolute Gasteiger partial charge is 0.0465 e. The van der Waals surface area contributed by atoms with E-state index >= 15 is 0 Å². The Labute approximate surface area is 312 Å². The Bertz CT molecular complexity index is 2700. The van der Waals surface area contributed by atoms with Gasteiger partial charge in [-0.3, -0.25) is 0 Å². The van der Waals surface area contributed by atoms with E-state index in [2.05, 4.69) is 209 Å². The van der Waals surface area contributed by atoms with Gasteiger partial charge < -0.3 is 4.90 Å². The Hall–Kier alpha value is -6.18. The van der Waals surface area contributed by atoms with Gasteiger partial charge in [-0.1, -0.05) is 161 Å². The molecule has 2 aliphatic rings.